The molecule has 0 aromatic carbocycles. The molecule has 1 saturated heterocycles. The number of aliphatic imine (C=N–C) groups is 1. The number of carbonyl (C=O) groups is 1. The number of nitrogens with zero attached hydrogens (tertiary/aromatic N) is 1. The van der Waals surface area contributed by atoms with Crippen LogP contribution in [0.1, 0.15) is 19.8 Å². The predicted molar refractivity (Wildman–Crippen MR) is 74.2 cm³/mol. The molecule has 5 heteroatoms. The van der Waals surface area contributed by atoms with Gasteiger partial charge >= 0.3 is 0 Å². The van der Waals surface area contributed by atoms with Crippen molar-refractivity contribution in [2.75, 3.05) is 19.6 Å². The molecule has 0 aliphatic carbocycles. The van der Waals surface area contributed by atoms with Gasteiger partial charge in [0.05, 0.1) is 5.41 Å². The van der Waals surface area contributed by atoms with E-state index in [0.717, 1.165) is 25.9 Å². The van der Waals surface area contributed by atoms with Crippen LogP contribution in [-0.2, 0) is 4.79 Å². The van der Waals surface area contributed by atoms with Gasteiger partial charge in [-0.3, -0.25) is 4.79 Å². The van der Waals surface area contributed by atoms with E-state index in [-0.39, 0.29) is 5.91 Å². The Morgan fingerprint density at radius 2 is 2.22 bits per heavy atom. The Bertz CT molecular complexity index is 354. The number of hydrogen-bond acceptors (Lipinski definition) is 4. The van der Waals surface area contributed by atoms with E-state index in [1.807, 2.05) is 6.92 Å². The van der Waals surface area contributed by atoms with Gasteiger partial charge in [-0.05, 0) is 38.9 Å². The van der Waals surface area contributed by atoms with Gasteiger partial charge in [0.15, 0.2) is 0 Å². The Balaban J connectivity index is 2.72. The fourth-order valence-electron chi connectivity index (χ4n) is 1.99. The van der Waals surface area contributed by atoms with Crippen molar-refractivity contribution in [3.63, 3.8) is 0 Å². The van der Waals surface area contributed by atoms with E-state index >= 15 is 0 Å². The Hall–Kier alpha value is -1.46. The van der Waals surface area contributed by atoms with E-state index in [9.17, 15) is 4.79 Å². The topological polar surface area (TPSA) is 79.5 Å². The SMILES string of the molecule is C=C/C=N\C(=C/C)NC(=O)C1(CN)CCNCC1. The maximum Gasteiger partial charge on any atom is 0.233 e. The van der Waals surface area contributed by atoms with Crippen molar-refractivity contribution in [2.45, 2.75) is 19.8 Å². The van der Waals surface area contributed by atoms with Crippen LogP contribution in [0, 0.1) is 5.41 Å². The van der Waals surface area contributed by atoms with Gasteiger partial charge in [-0.1, -0.05) is 12.7 Å². The van der Waals surface area contributed by atoms with Gasteiger partial charge in [-0.2, -0.15) is 0 Å². The zero-order valence-electron chi connectivity index (χ0n) is 10.9. The molecule has 0 atom stereocenters. The maximum absolute atomic E-state index is 12.3. The van der Waals surface area contributed by atoms with E-state index in [1.165, 1.54) is 0 Å². The Labute approximate surface area is 108 Å². The number of amides is 1. The number of rotatable bonds is 5. The summed E-state index contributed by atoms with van der Waals surface area (Å²) in [6, 6.07) is 0. The van der Waals surface area contributed by atoms with E-state index in [1.54, 1.807) is 18.4 Å². The molecule has 0 spiro atoms. The summed E-state index contributed by atoms with van der Waals surface area (Å²) in [7, 11) is 0. The molecule has 0 aromatic rings. The quantitative estimate of drug-likeness (QED) is 0.623. The normalized spacial score (nSPS) is 19.8. The molecule has 1 fully saturated rings. The summed E-state index contributed by atoms with van der Waals surface area (Å²) in [6.07, 6.45) is 6.39. The van der Waals surface area contributed by atoms with Gasteiger partial charge in [0.2, 0.25) is 5.91 Å². The lowest BCUT2D eigenvalue weighted by Crippen LogP contribution is -2.51. The van der Waals surface area contributed by atoms with Crippen LogP contribution in [0.25, 0.3) is 0 Å². The Morgan fingerprint density at radius 3 is 2.72 bits per heavy atom. The van der Waals surface area contributed by atoms with Crippen LogP contribution in [0.4, 0.5) is 0 Å². The Kier molecular flexibility index (Phi) is 5.74. The number of hydrogen-bond donors (Lipinski definition) is 3. The number of allylic oxidation sites excluding steroid dienone is 2. The monoisotopic (exact) mass is 250 g/mol. The second kappa shape index (κ2) is 7.08. The van der Waals surface area contributed by atoms with Crippen LogP contribution >= 0.6 is 0 Å². The highest BCUT2D eigenvalue weighted by molar-refractivity contribution is 5.85. The minimum Gasteiger partial charge on any atom is -0.329 e. The highest BCUT2D eigenvalue weighted by atomic mass is 16.2. The third-order valence-corrected chi connectivity index (χ3v) is 3.27. The first-order valence-electron chi connectivity index (χ1n) is 6.22. The zero-order valence-corrected chi connectivity index (χ0v) is 10.9. The van der Waals surface area contributed by atoms with Gasteiger partial charge in [0, 0.05) is 12.8 Å². The average Bonchev–Trinajstić information content (AvgIpc) is 2.43. The molecule has 0 aromatic heterocycles. The summed E-state index contributed by atoms with van der Waals surface area (Å²) in [4.78, 5) is 16.4. The van der Waals surface area contributed by atoms with Crippen LogP contribution in [-0.4, -0.2) is 31.8 Å². The van der Waals surface area contributed by atoms with Crippen LogP contribution < -0.4 is 16.4 Å². The third-order valence-electron chi connectivity index (χ3n) is 3.27. The summed E-state index contributed by atoms with van der Waals surface area (Å²) in [5.41, 5.74) is 5.32. The van der Waals surface area contributed by atoms with Gasteiger partial charge in [-0.15, -0.1) is 0 Å². The lowest BCUT2D eigenvalue weighted by Gasteiger charge is -2.34. The van der Waals surface area contributed by atoms with Crippen molar-refractivity contribution in [2.24, 2.45) is 16.1 Å². The van der Waals surface area contributed by atoms with Crippen molar-refractivity contribution in [3.05, 3.63) is 24.6 Å². The second-order valence-electron chi connectivity index (χ2n) is 4.38. The first-order valence-corrected chi connectivity index (χ1v) is 6.22. The molecule has 100 valence electrons. The fourth-order valence-corrected chi connectivity index (χ4v) is 1.99. The first-order chi connectivity index (χ1) is 8.68. The first kappa shape index (κ1) is 14.6. The van der Waals surface area contributed by atoms with Crippen LogP contribution in [0.2, 0.25) is 0 Å². The molecular weight excluding hydrogens is 228 g/mol. The number of carbonyl (C=O) groups excluding carboxylic acids is 1. The van der Waals surface area contributed by atoms with E-state index in [0.29, 0.717) is 12.4 Å². The highest BCUT2D eigenvalue weighted by Crippen LogP contribution is 2.27. The lowest BCUT2D eigenvalue weighted by molar-refractivity contribution is -0.131. The predicted octanol–water partition coefficient (Wildman–Crippen LogP) is 0.549. The van der Waals surface area contributed by atoms with Gasteiger partial charge < -0.3 is 16.4 Å². The summed E-state index contributed by atoms with van der Waals surface area (Å²) in [6.45, 7) is 7.39. The molecule has 0 bridgehead atoms. The Morgan fingerprint density at radius 1 is 1.56 bits per heavy atom. The molecular formula is C13H22N4O. The molecule has 0 saturated carbocycles. The van der Waals surface area contributed by atoms with Crippen LogP contribution in [0.3, 0.4) is 0 Å². The van der Waals surface area contributed by atoms with E-state index in [2.05, 4.69) is 22.2 Å². The van der Waals surface area contributed by atoms with Crippen molar-refractivity contribution >= 4 is 12.1 Å². The number of piperidine rings is 1. The van der Waals surface area contributed by atoms with Crippen molar-refractivity contribution < 1.29 is 4.79 Å². The largest absolute Gasteiger partial charge is 0.329 e. The molecule has 0 unspecified atom stereocenters. The highest BCUT2D eigenvalue weighted by Gasteiger charge is 2.38. The average molecular weight is 250 g/mol. The van der Waals surface area contributed by atoms with Crippen molar-refractivity contribution in [3.8, 4) is 0 Å². The van der Waals surface area contributed by atoms with Gasteiger partial charge in [-0.25, -0.2) is 4.99 Å². The minimum atomic E-state index is -0.469. The second-order valence-corrected chi connectivity index (χ2v) is 4.38. The van der Waals surface area contributed by atoms with Crippen LogP contribution in [0.5, 0.6) is 0 Å². The fraction of sp³-hybridized carbons (Fsp3) is 0.538. The third kappa shape index (κ3) is 3.51. The molecule has 18 heavy (non-hydrogen) atoms. The molecule has 4 N–H and O–H groups in total. The van der Waals surface area contributed by atoms with Gasteiger partial charge in [0.1, 0.15) is 5.82 Å². The summed E-state index contributed by atoms with van der Waals surface area (Å²) < 4.78 is 0. The lowest BCUT2D eigenvalue weighted by atomic mass is 9.78. The molecule has 0 radical (unpaired) electrons. The number of nitrogens with one attached hydrogen (secondary N) is 2. The smallest absolute Gasteiger partial charge is 0.233 e. The summed E-state index contributed by atoms with van der Waals surface area (Å²) in [5.74, 6) is 0.493. The van der Waals surface area contributed by atoms with Crippen molar-refractivity contribution in [1.29, 1.82) is 0 Å². The maximum atomic E-state index is 12.3. The summed E-state index contributed by atoms with van der Waals surface area (Å²) >= 11 is 0. The minimum absolute atomic E-state index is 0.0409. The molecule has 1 rings (SSSR count). The number of nitrogens with two attached hydrogens (primary N) is 1. The van der Waals surface area contributed by atoms with E-state index < -0.39 is 5.41 Å². The molecule has 1 amide bonds. The standard InChI is InChI=1S/C13H22N4O/c1-3-7-16-11(4-2)17-12(18)13(10-14)5-8-15-9-6-13/h3-4,7,15H,1,5-6,8-10,14H2,2H3,(H,17,18)/b11-4+,16-7-. The van der Waals surface area contributed by atoms with Crippen molar-refractivity contribution in [1.82, 2.24) is 10.6 Å². The molecule has 5 nitrogen and oxygen atoms in total. The summed E-state index contributed by atoms with van der Waals surface area (Å²) in [5, 5.41) is 6.07. The molecule has 1 aliphatic heterocycles. The zero-order chi connectivity index (χ0) is 13.4. The van der Waals surface area contributed by atoms with Gasteiger partial charge in [0.25, 0.3) is 0 Å². The molecule has 1 heterocycles. The van der Waals surface area contributed by atoms with Crippen LogP contribution in [0.15, 0.2) is 29.5 Å². The molecule has 1 aliphatic rings. The van der Waals surface area contributed by atoms with E-state index in [4.69, 9.17) is 5.73 Å².